The van der Waals surface area contributed by atoms with Gasteiger partial charge in [-0.15, -0.1) is 0 Å². The highest BCUT2D eigenvalue weighted by Crippen LogP contribution is 2.39. The second-order valence-corrected chi connectivity index (χ2v) is 8.97. The van der Waals surface area contributed by atoms with E-state index in [1.807, 2.05) is 0 Å². The molecule has 5 nitrogen and oxygen atoms in total. The molecule has 1 N–H and O–H groups in total. The van der Waals surface area contributed by atoms with Gasteiger partial charge in [0.1, 0.15) is 11.3 Å². The average molecular weight is 538 g/mol. The number of amides is 1. The van der Waals surface area contributed by atoms with Gasteiger partial charge in [0.25, 0.3) is 5.91 Å². The fourth-order valence-corrected chi connectivity index (χ4v) is 4.40. The molecule has 0 aliphatic rings. The van der Waals surface area contributed by atoms with Crippen LogP contribution in [0, 0.1) is 6.92 Å². The first-order chi connectivity index (χ1) is 18.1. The van der Waals surface area contributed by atoms with Crippen LogP contribution in [0.15, 0.2) is 88.1 Å². The van der Waals surface area contributed by atoms with E-state index in [-0.39, 0.29) is 22.3 Å². The van der Waals surface area contributed by atoms with Crippen LogP contribution >= 0.6 is 11.6 Å². The Morgan fingerprint density at radius 3 is 2.50 bits per heavy atom. The van der Waals surface area contributed by atoms with Gasteiger partial charge in [0.2, 0.25) is 11.2 Å². The largest absolute Gasteiger partial charge is 0.484 e. The van der Waals surface area contributed by atoms with Crippen LogP contribution in [0.4, 0.5) is 18.9 Å². The third-order valence-corrected chi connectivity index (χ3v) is 6.50. The second kappa shape index (κ2) is 9.87. The van der Waals surface area contributed by atoms with Crippen molar-refractivity contribution >= 4 is 44.9 Å². The fraction of sp³-hybridized carbons (Fsp3) is 0.103. The van der Waals surface area contributed by atoms with Crippen molar-refractivity contribution in [3.05, 3.63) is 105 Å². The number of fused-ring (bicyclic) bond motifs is 2. The van der Waals surface area contributed by atoms with Crippen molar-refractivity contribution < 1.29 is 27.1 Å². The summed E-state index contributed by atoms with van der Waals surface area (Å²) in [5.74, 6) is -1.85. The number of halogens is 4. The summed E-state index contributed by atoms with van der Waals surface area (Å²) in [6.07, 6.45) is -4.94. The van der Waals surface area contributed by atoms with E-state index in [4.69, 9.17) is 20.8 Å². The molecule has 0 bridgehead atoms. The normalized spacial score (nSPS) is 11.6. The first-order valence-electron chi connectivity index (χ1n) is 11.5. The maximum atomic E-state index is 14.1. The molecule has 0 saturated carbocycles. The molecular formula is C29H19ClF3NO4. The van der Waals surface area contributed by atoms with Crippen LogP contribution in [-0.4, -0.2) is 12.5 Å². The average Bonchev–Trinajstić information content (AvgIpc) is 2.89. The minimum Gasteiger partial charge on any atom is -0.484 e. The van der Waals surface area contributed by atoms with Crippen LogP contribution in [0.2, 0.25) is 5.02 Å². The summed E-state index contributed by atoms with van der Waals surface area (Å²) in [6.45, 7) is 1.32. The van der Waals surface area contributed by atoms with E-state index in [0.717, 1.165) is 6.07 Å². The molecule has 1 heterocycles. The first kappa shape index (κ1) is 25.4. The second-order valence-electron chi connectivity index (χ2n) is 8.57. The van der Waals surface area contributed by atoms with Crippen LogP contribution in [0.1, 0.15) is 11.3 Å². The van der Waals surface area contributed by atoms with Crippen LogP contribution in [0.5, 0.6) is 5.75 Å². The van der Waals surface area contributed by atoms with Gasteiger partial charge in [-0.2, -0.15) is 13.2 Å². The number of hydrogen-bond donors (Lipinski definition) is 1. The Bertz CT molecular complexity index is 1760. The van der Waals surface area contributed by atoms with Crippen LogP contribution < -0.4 is 15.5 Å². The van der Waals surface area contributed by atoms with Crippen molar-refractivity contribution in [1.29, 1.82) is 0 Å². The van der Waals surface area contributed by atoms with Crippen molar-refractivity contribution in [2.45, 2.75) is 13.1 Å². The van der Waals surface area contributed by atoms with Gasteiger partial charge in [0.05, 0.1) is 10.9 Å². The molecule has 9 heteroatoms. The number of ether oxygens (including phenoxy) is 1. The lowest BCUT2D eigenvalue weighted by Crippen LogP contribution is -2.20. The lowest BCUT2D eigenvalue weighted by molar-refractivity contribution is -0.152. The Morgan fingerprint density at radius 2 is 1.71 bits per heavy atom. The van der Waals surface area contributed by atoms with Crippen molar-refractivity contribution in [2.75, 3.05) is 11.9 Å². The van der Waals surface area contributed by atoms with E-state index in [9.17, 15) is 22.8 Å². The van der Waals surface area contributed by atoms with Gasteiger partial charge < -0.3 is 14.5 Å². The molecule has 192 valence electrons. The van der Waals surface area contributed by atoms with Gasteiger partial charge >= 0.3 is 6.18 Å². The van der Waals surface area contributed by atoms with Crippen LogP contribution in [-0.2, 0) is 11.0 Å². The molecule has 0 atom stereocenters. The highest BCUT2D eigenvalue weighted by Gasteiger charge is 2.39. The molecule has 5 aromatic rings. The predicted molar refractivity (Wildman–Crippen MR) is 141 cm³/mol. The van der Waals surface area contributed by atoms with Crippen LogP contribution in [0.3, 0.4) is 0 Å². The maximum absolute atomic E-state index is 14.1. The summed E-state index contributed by atoms with van der Waals surface area (Å²) in [7, 11) is 0. The molecule has 0 aliphatic carbocycles. The Morgan fingerprint density at radius 1 is 0.974 bits per heavy atom. The number of carbonyl (C=O) groups is 1. The third kappa shape index (κ3) is 4.82. The third-order valence-electron chi connectivity index (χ3n) is 6.09. The van der Waals surface area contributed by atoms with Crippen molar-refractivity contribution in [3.63, 3.8) is 0 Å². The van der Waals surface area contributed by atoms with E-state index in [1.54, 1.807) is 61.5 Å². The lowest BCUT2D eigenvalue weighted by Gasteiger charge is -2.15. The van der Waals surface area contributed by atoms with Crippen molar-refractivity contribution in [2.24, 2.45) is 0 Å². The van der Waals surface area contributed by atoms with Gasteiger partial charge in [-0.05, 0) is 53.1 Å². The number of alkyl halides is 3. The standard InChI is InChI=1S/C29H19ClF3NO4/c1-16-22(30)10-5-11-23(16)34-25(35)15-37-18-12-13-21-24(14-18)38-28(29(31,32)33)26(27(21)36)20-9-4-7-17-6-2-3-8-19(17)20/h2-14H,15H2,1H3,(H,34,35). The van der Waals surface area contributed by atoms with E-state index < -0.39 is 35.4 Å². The van der Waals surface area contributed by atoms with Gasteiger partial charge in [-0.25, -0.2) is 0 Å². The number of rotatable bonds is 5. The lowest BCUT2D eigenvalue weighted by atomic mass is 9.96. The SMILES string of the molecule is Cc1c(Cl)cccc1NC(=O)COc1ccc2c(=O)c(-c3cccc4ccccc34)c(C(F)(F)F)oc2c1. The predicted octanol–water partition coefficient (Wildman–Crippen LogP) is 7.61. The quantitative estimate of drug-likeness (QED) is 0.250. The van der Waals surface area contributed by atoms with E-state index in [0.29, 0.717) is 27.0 Å². The molecular weight excluding hydrogens is 519 g/mol. The first-order valence-corrected chi connectivity index (χ1v) is 11.9. The molecule has 0 radical (unpaired) electrons. The Balaban J connectivity index is 1.51. The Labute approximate surface area is 219 Å². The van der Waals surface area contributed by atoms with Gasteiger partial charge in [0, 0.05) is 16.8 Å². The summed E-state index contributed by atoms with van der Waals surface area (Å²) in [5.41, 5.74) is -0.389. The van der Waals surface area contributed by atoms with Crippen molar-refractivity contribution in [1.82, 2.24) is 0 Å². The van der Waals surface area contributed by atoms with E-state index in [1.165, 1.54) is 18.2 Å². The zero-order valence-electron chi connectivity index (χ0n) is 19.9. The summed E-state index contributed by atoms with van der Waals surface area (Å²) >= 11 is 6.06. The van der Waals surface area contributed by atoms with Gasteiger partial charge in [0.15, 0.2) is 6.61 Å². The smallest absolute Gasteiger partial charge is 0.450 e. The summed E-state index contributed by atoms with van der Waals surface area (Å²) < 4.78 is 53.2. The maximum Gasteiger partial charge on any atom is 0.450 e. The van der Waals surface area contributed by atoms with Gasteiger partial charge in [-0.1, -0.05) is 60.1 Å². The number of carbonyl (C=O) groups excluding carboxylic acids is 1. The Hall–Kier alpha value is -4.30. The molecule has 0 fully saturated rings. The number of hydrogen-bond acceptors (Lipinski definition) is 4. The number of nitrogens with one attached hydrogen (secondary N) is 1. The number of anilines is 1. The van der Waals surface area contributed by atoms with Gasteiger partial charge in [-0.3, -0.25) is 9.59 Å². The molecule has 0 aliphatic heterocycles. The molecule has 1 amide bonds. The molecule has 0 unspecified atom stereocenters. The molecule has 38 heavy (non-hydrogen) atoms. The molecule has 1 aromatic heterocycles. The molecule has 5 rings (SSSR count). The fourth-order valence-electron chi connectivity index (χ4n) is 4.23. The molecule has 0 saturated heterocycles. The topological polar surface area (TPSA) is 68.5 Å². The minimum atomic E-state index is -4.94. The zero-order valence-corrected chi connectivity index (χ0v) is 20.6. The highest BCUT2D eigenvalue weighted by molar-refractivity contribution is 6.31. The summed E-state index contributed by atoms with van der Waals surface area (Å²) in [6, 6.07) is 20.6. The molecule has 4 aromatic carbocycles. The minimum absolute atomic E-state index is 0.0488. The summed E-state index contributed by atoms with van der Waals surface area (Å²) in [5, 5.41) is 4.28. The zero-order chi connectivity index (χ0) is 27.0. The van der Waals surface area contributed by atoms with E-state index >= 15 is 0 Å². The highest BCUT2D eigenvalue weighted by atomic mass is 35.5. The molecule has 0 spiro atoms. The Kier molecular flexibility index (Phi) is 6.59. The van der Waals surface area contributed by atoms with Crippen molar-refractivity contribution in [3.8, 4) is 16.9 Å². The number of benzene rings is 4. The van der Waals surface area contributed by atoms with E-state index in [2.05, 4.69) is 5.32 Å². The van der Waals surface area contributed by atoms with Crippen LogP contribution in [0.25, 0.3) is 32.9 Å². The monoisotopic (exact) mass is 537 g/mol. The summed E-state index contributed by atoms with van der Waals surface area (Å²) in [4.78, 5) is 25.8.